The number of carbonyl (C=O) groups is 2. The molecule has 1 atom stereocenters. The highest BCUT2D eigenvalue weighted by Crippen LogP contribution is 2.38. The molecule has 3 aliphatic rings. The zero-order chi connectivity index (χ0) is 31.6. The summed E-state index contributed by atoms with van der Waals surface area (Å²) in [6.45, 7) is 1.87. The molecule has 1 saturated carbocycles. The number of benzene rings is 1. The van der Waals surface area contributed by atoms with Crippen LogP contribution in [0.3, 0.4) is 0 Å². The van der Waals surface area contributed by atoms with Crippen molar-refractivity contribution in [2.45, 2.75) is 69.7 Å². The Kier molecular flexibility index (Phi) is 8.72. The number of aliphatic carboxylic acids is 1. The van der Waals surface area contributed by atoms with Gasteiger partial charge in [0.15, 0.2) is 5.69 Å². The van der Waals surface area contributed by atoms with E-state index in [0.29, 0.717) is 43.2 Å². The van der Waals surface area contributed by atoms with Crippen LogP contribution in [0.15, 0.2) is 42.9 Å². The highest BCUT2D eigenvalue weighted by Gasteiger charge is 2.40. The molecule has 0 radical (unpaired) electrons. The van der Waals surface area contributed by atoms with Gasteiger partial charge in [0, 0.05) is 56.8 Å². The van der Waals surface area contributed by atoms with Gasteiger partial charge >= 0.3 is 12.1 Å². The van der Waals surface area contributed by atoms with Crippen molar-refractivity contribution < 1.29 is 32.6 Å². The fourth-order valence-corrected chi connectivity index (χ4v) is 6.43. The highest BCUT2D eigenvalue weighted by atomic mass is 19.4. The molecule has 4 heterocycles. The predicted octanol–water partition coefficient (Wildman–Crippen LogP) is 4.79. The van der Waals surface area contributed by atoms with Gasteiger partial charge in [0.1, 0.15) is 17.9 Å². The Balaban J connectivity index is 1.15. The summed E-state index contributed by atoms with van der Waals surface area (Å²) in [4.78, 5) is 45.1. The number of alkyl halides is 3. The average Bonchev–Trinajstić information content (AvgIpc) is 3.47. The van der Waals surface area contributed by atoms with Crippen LogP contribution in [0.2, 0.25) is 0 Å². The van der Waals surface area contributed by atoms with E-state index in [4.69, 9.17) is 4.74 Å². The van der Waals surface area contributed by atoms with E-state index < -0.39 is 35.4 Å². The highest BCUT2D eigenvalue weighted by molar-refractivity contribution is 5.97. The summed E-state index contributed by atoms with van der Waals surface area (Å²) in [5.74, 6) is -1.59. The van der Waals surface area contributed by atoms with Crippen molar-refractivity contribution in [1.29, 1.82) is 0 Å². The molecule has 2 aliphatic heterocycles. The van der Waals surface area contributed by atoms with Crippen LogP contribution >= 0.6 is 0 Å². The minimum atomic E-state index is -4.96. The molecule has 0 spiro atoms. The number of halogens is 3. The van der Waals surface area contributed by atoms with Crippen LogP contribution in [-0.4, -0.2) is 68.7 Å². The van der Waals surface area contributed by atoms with Crippen LogP contribution in [0.1, 0.15) is 66.6 Å². The normalized spacial score (nSPS) is 18.4. The Morgan fingerprint density at radius 3 is 2.40 bits per heavy atom. The van der Waals surface area contributed by atoms with Gasteiger partial charge in [-0.3, -0.25) is 4.79 Å². The van der Waals surface area contributed by atoms with Crippen molar-refractivity contribution in [3.8, 4) is 5.75 Å². The van der Waals surface area contributed by atoms with Gasteiger partial charge in [-0.25, -0.2) is 24.7 Å². The fraction of sp³-hybridized carbons (Fsp3) is 0.484. The number of nitrogens with one attached hydrogen (secondary N) is 1. The maximum atomic E-state index is 14.2. The molecule has 1 saturated heterocycles. The third-order valence-corrected chi connectivity index (χ3v) is 8.73. The van der Waals surface area contributed by atoms with Gasteiger partial charge in [-0.05, 0) is 55.0 Å². The van der Waals surface area contributed by atoms with Gasteiger partial charge in [-0.15, -0.1) is 0 Å². The lowest BCUT2D eigenvalue weighted by atomic mass is 9.84. The first-order valence-corrected chi connectivity index (χ1v) is 15.2. The number of nitrogens with zero attached hydrogens (tertiary/aromatic N) is 6. The number of carbonyl (C=O) groups excluding carboxylic acids is 1. The summed E-state index contributed by atoms with van der Waals surface area (Å²) in [5, 5.41) is 12.0. The third kappa shape index (κ3) is 6.79. The summed E-state index contributed by atoms with van der Waals surface area (Å²) in [5.41, 5.74) is -0.662. The summed E-state index contributed by atoms with van der Waals surface area (Å²) < 4.78 is 48.8. The maximum absolute atomic E-state index is 14.2. The summed E-state index contributed by atoms with van der Waals surface area (Å²) >= 11 is 0. The van der Waals surface area contributed by atoms with E-state index in [1.807, 2.05) is 6.07 Å². The molecule has 3 aromatic rings. The molecule has 1 unspecified atom stereocenters. The molecule has 2 N–H and O–H groups in total. The predicted molar refractivity (Wildman–Crippen MR) is 158 cm³/mol. The SMILES string of the molecule is O=C(NC(C(=O)O)C1CCCCC1)c1cnc(N2CCc3cc(OC4CCN(c5ncccn5)CC4)ccc32)nc1C(F)(F)F. The van der Waals surface area contributed by atoms with Gasteiger partial charge in [0.05, 0.1) is 5.56 Å². The summed E-state index contributed by atoms with van der Waals surface area (Å²) in [6, 6.07) is 5.95. The molecule has 2 fully saturated rings. The van der Waals surface area contributed by atoms with Crippen LogP contribution in [0, 0.1) is 5.92 Å². The molecule has 1 aromatic carbocycles. The smallest absolute Gasteiger partial charge is 0.434 e. The lowest BCUT2D eigenvalue weighted by molar-refractivity contribution is -0.141. The van der Waals surface area contributed by atoms with Crippen LogP contribution < -0.4 is 19.9 Å². The Labute approximate surface area is 257 Å². The van der Waals surface area contributed by atoms with Crippen molar-refractivity contribution in [2.75, 3.05) is 29.4 Å². The molecule has 1 amide bonds. The minimum Gasteiger partial charge on any atom is -0.490 e. The maximum Gasteiger partial charge on any atom is 0.434 e. The van der Waals surface area contributed by atoms with Crippen molar-refractivity contribution >= 4 is 29.5 Å². The van der Waals surface area contributed by atoms with Crippen LogP contribution in [0.25, 0.3) is 0 Å². The Hall–Kier alpha value is -4.49. The second-order valence-electron chi connectivity index (χ2n) is 11.7. The lowest BCUT2D eigenvalue weighted by Crippen LogP contribution is -2.47. The van der Waals surface area contributed by atoms with E-state index in [1.54, 1.807) is 35.5 Å². The molecular formula is C31H34F3N7O4. The first-order valence-electron chi connectivity index (χ1n) is 15.2. The molecule has 1 aliphatic carbocycles. The Bertz CT molecular complexity index is 1530. The molecular weight excluding hydrogens is 591 g/mol. The number of anilines is 3. The number of carboxylic acid groups (broad SMARTS) is 1. The molecule has 238 valence electrons. The van der Waals surface area contributed by atoms with E-state index in [-0.39, 0.29) is 18.0 Å². The van der Waals surface area contributed by atoms with E-state index in [0.717, 1.165) is 57.0 Å². The van der Waals surface area contributed by atoms with E-state index in [2.05, 4.69) is 30.2 Å². The molecule has 11 nitrogen and oxygen atoms in total. The topological polar surface area (TPSA) is 134 Å². The quantitative estimate of drug-likeness (QED) is 0.360. The second kappa shape index (κ2) is 12.9. The van der Waals surface area contributed by atoms with Gasteiger partial charge < -0.3 is 25.0 Å². The molecule has 0 bridgehead atoms. The standard InChI is InChI=1S/C31H34F3N7O4/c32-31(33,34)26-23(27(42)38-25(28(43)44)19-5-2-1-3-6-19)18-37-30(39-26)41-16-9-20-17-22(7-8-24(20)41)45-21-10-14-40(15-11-21)29-35-12-4-13-36-29/h4,7-8,12-13,17-19,21,25H,1-3,5-6,9-11,14-16H2,(H,38,42)(H,43,44). The zero-order valence-corrected chi connectivity index (χ0v) is 24.5. The number of aromatic nitrogens is 4. The fourth-order valence-electron chi connectivity index (χ4n) is 6.43. The number of hydrogen-bond donors (Lipinski definition) is 2. The van der Waals surface area contributed by atoms with Crippen molar-refractivity contribution in [1.82, 2.24) is 25.3 Å². The summed E-state index contributed by atoms with van der Waals surface area (Å²) in [7, 11) is 0. The van der Waals surface area contributed by atoms with Gasteiger partial charge in [-0.2, -0.15) is 13.2 Å². The molecule has 6 rings (SSSR count). The Morgan fingerprint density at radius 1 is 0.978 bits per heavy atom. The van der Waals surface area contributed by atoms with Crippen LogP contribution in [-0.2, 0) is 17.4 Å². The zero-order valence-electron chi connectivity index (χ0n) is 24.5. The number of ether oxygens (including phenoxy) is 1. The van der Waals surface area contributed by atoms with Crippen LogP contribution in [0.4, 0.5) is 30.8 Å². The first-order chi connectivity index (χ1) is 21.7. The number of amides is 1. The number of fused-ring (bicyclic) bond motifs is 1. The van der Waals surface area contributed by atoms with Gasteiger partial charge in [-0.1, -0.05) is 19.3 Å². The lowest BCUT2D eigenvalue weighted by Gasteiger charge is -2.32. The monoisotopic (exact) mass is 625 g/mol. The van der Waals surface area contributed by atoms with Gasteiger partial charge in [0.25, 0.3) is 5.91 Å². The van der Waals surface area contributed by atoms with Crippen molar-refractivity contribution in [3.05, 3.63) is 59.7 Å². The van der Waals surface area contributed by atoms with E-state index in [9.17, 15) is 27.9 Å². The van der Waals surface area contributed by atoms with Crippen molar-refractivity contribution in [3.63, 3.8) is 0 Å². The average molecular weight is 626 g/mol. The van der Waals surface area contributed by atoms with Gasteiger partial charge in [0.2, 0.25) is 11.9 Å². The molecule has 2 aromatic heterocycles. The Morgan fingerprint density at radius 2 is 1.71 bits per heavy atom. The number of rotatable bonds is 8. The first kappa shape index (κ1) is 30.5. The van der Waals surface area contributed by atoms with E-state index >= 15 is 0 Å². The van der Waals surface area contributed by atoms with Crippen molar-refractivity contribution in [2.24, 2.45) is 5.92 Å². The third-order valence-electron chi connectivity index (χ3n) is 8.73. The van der Waals surface area contributed by atoms with E-state index in [1.165, 1.54) is 0 Å². The molecule has 45 heavy (non-hydrogen) atoms. The number of piperidine rings is 1. The van der Waals surface area contributed by atoms with Crippen LogP contribution in [0.5, 0.6) is 5.75 Å². The molecule has 14 heteroatoms. The summed E-state index contributed by atoms with van der Waals surface area (Å²) in [6.07, 6.45) is 5.21. The number of carboxylic acids is 1. The minimum absolute atomic E-state index is 0.00993. The number of hydrogen-bond acceptors (Lipinski definition) is 9. The largest absolute Gasteiger partial charge is 0.490 e. The second-order valence-corrected chi connectivity index (χ2v) is 11.7.